The smallest absolute Gasteiger partial charge is 0.168 e. The molecule has 7 heteroatoms. The second kappa shape index (κ2) is 6.07. The fourth-order valence-corrected chi connectivity index (χ4v) is 2.23. The number of halogens is 1. The molecule has 0 fully saturated rings. The van der Waals surface area contributed by atoms with Crippen molar-refractivity contribution in [2.45, 2.75) is 19.4 Å². The number of anilines is 1. The van der Waals surface area contributed by atoms with Gasteiger partial charge in [0, 0.05) is 0 Å². The van der Waals surface area contributed by atoms with Crippen LogP contribution in [0.1, 0.15) is 13.3 Å². The Hall–Kier alpha value is -2.54. The Morgan fingerprint density at radius 3 is 2.86 bits per heavy atom. The molecule has 6 nitrogen and oxygen atoms in total. The van der Waals surface area contributed by atoms with Crippen molar-refractivity contribution in [2.24, 2.45) is 0 Å². The molecule has 22 heavy (non-hydrogen) atoms. The van der Waals surface area contributed by atoms with Gasteiger partial charge in [0.05, 0.1) is 24.2 Å². The van der Waals surface area contributed by atoms with Gasteiger partial charge in [0.25, 0.3) is 0 Å². The Bertz CT molecular complexity index is 784. The number of nitrogens with one attached hydrogen (secondary N) is 1. The number of hydrogen-bond acceptors (Lipinski definition) is 5. The summed E-state index contributed by atoms with van der Waals surface area (Å²) >= 11 is 0. The van der Waals surface area contributed by atoms with E-state index in [1.54, 1.807) is 24.4 Å². The molecule has 0 aliphatic rings. The van der Waals surface area contributed by atoms with Crippen LogP contribution >= 0.6 is 0 Å². The molecule has 0 amide bonds. The third-order valence-corrected chi connectivity index (χ3v) is 3.50. The summed E-state index contributed by atoms with van der Waals surface area (Å²) < 4.78 is 15.4. The van der Waals surface area contributed by atoms with Crippen LogP contribution in [0.2, 0.25) is 0 Å². The van der Waals surface area contributed by atoms with Crippen molar-refractivity contribution in [1.82, 2.24) is 19.7 Å². The topological polar surface area (TPSA) is 75.9 Å². The van der Waals surface area contributed by atoms with E-state index >= 15 is 0 Å². The van der Waals surface area contributed by atoms with Gasteiger partial charge < -0.3 is 10.4 Å². The quantitative estimate of drug-likeness (QED) is 0.755. The molecule has 3 rings (SSSR count). The van der Waals surface area contributed by atoms with Gasteiger partial charge in [0.1, 0.15) is 23.6 Å². The van der Waals surface area contributed by atoms with Gasteiger partial charge in [-0.05, 0) is 18.6 Å². The molecule has 0 radical (unpaired) electrons. The lowest BCUT2D eigenvalue weighted by Crippen LogP contribution is -2.23. The number of benzene rings is 1. The van der Waals surface area contributed by atoms with Crippen molar-refractivity contribution >= 4 is 16.9 Å². The van der Waals surface area contributed by atoms with Crippen LogP contribution < -0.4 is 5.32 Å². The van der Waals surface area contributed by atoms with E-state index in [0.29, 0.717) is 22.5 Å². The van der Waals surface area contributed by atoms with Gasteiger partial charge in [-0.25, -0.2) is 19.0 Å². The zero-order chi connectivity index (χ0) is 15.5. The maximum absolute atomic E-state index is 13.9. The van der Waals surface area contributed by atoms with Crippen molar-refractivity contribution in [3.8, 4) is 5.69 Å². The molecule has 114 valence electrons. The van der Waals surface area contributed by atoms with Gasteiger partial charge in [-0.1, -0.05) is 19.1 Å². The van der Waals surface area contributed by atoms with Crippen LogP contribution in [0.25, 0.3) is 16.7 Å². The molecule has 0 spiro atoms. The molecule has 0 saturated carbocycles. The summed E-state index contributed by atoms with van der Waals surface area (Å²) in [6.45, 7) is 1.97. The standard InChI is InChI=1S/C15H16FN5O/c1-2-10(8-22)20-14-11-7-19-21(15(11)18-9-17-14)13-6-4-3-5-12(13)16/h3-7,9-10,22H,2,8H2,1H3,(H,17,18,20). The Labute approximate surface area is 126 Å². The third kappa shape index (κ3) is 2.50. The first-order valence-electron chi connectivity index (χ1n) is 7.05. The van der Waals surface area contributed by atoms with Crippen molar-refractivity contribution in [2.75, 3.05) is 11.9 Å². The van der Waals surface area contributed by atoms with Crippen LogP contribution in [0.15, 0.2) is 36.8 Å². The lowest BCUT2D eigenvalue weighted by molar-refractivity contribution is 0.271. The summed E-state index contributed by atoms with van der Waals surface area (Å²) in [4.78, 5) is 8.39. The molecule has 2 N–H and O–H groups in total. The van der Waals surface area contributed by atoms with Gasteiger partial charge in [0.2, 0.25) is 0 Å². The first-order valence-corrected chi connectivity index (χ1v) is 7.05. The van der Waals surface area contributed by atoms with E-state index in [2.05, 4.69) is 20.4 Å². The van der Waals surface area contributed by atoms with Gasteiger partial charge in [-0.2, -0.15) is 5.10 Å². The van der Waals surface area contributed by atoms with Crippen molar-refractivity contribution < 1.29 is 9.50 Å². The fourth-order valence-electron chi connectivity index (χ4n) is 2.23. The number of aliphatic hydroxyl groups excluding tert-OH is 1. The predicted molar refractivity (Wildman–Crippen MR) is 81.4 cm³/mol. The summed E-state index contributed by atoms with van der Waals surface area (Å²) in [6.07, 6.45) is 3.74. The maximum Gasteiger partial charge on any atom is 0.168 e. The van der Waals surface area contributed by atoms with Crippen molar-refractivity contribution in [3.05, 3.63) is 42.6 Å². The molecule has 0 aliphatic carbocycles. The predicted octanol–water partition coefficient (Wildman–Crippen LogP) is 2.14. The minimum absolute atomic E-state index is 0.00342. The number of aromatic nitrogens is 4. The summed E-state index contributed by atoms with van der Waals surface area (Å²) in [5, 5.41) is 17.4. The minimum Gasteiger partial charge on any atom is -0.394 e. The summed E-state index contributed by atoms with van der Waals surface area (Å²) in [5.74, 6) is 0.205. The normalized spacial score (nSPS) is 12.5. The number of hydrogen-bond donors (Lipinski definition) is 2. The molecule has 3 aromatic rings. The zero-order valence-corrected chi connectivity index (χ0v) is 12.1. The lowest BCUT2D eigenvalue weighted by atomic mass is 10.2. The van der Waals surface area contributed by atoms with E-state index in [1.165, 1.54) is 17.1 Å². The summed E-state index contributed by atoms with van der Waals surface area (Å²) in [6, 6.07) is 6.28. The van der Waals surface area contributed by atoms with Crippen LogP contribution in [0.3, 0.4) is 0 Å². The third-order valence-electron chi connectivity index (χ3n) is 3.50. The molecular formula is C15H16FN5O. The Balaban J connectivity index is 2.08. The van der Waals surface area contributed by atoms with E-state index in [9.17, 15) is 9.50 Å². The highest BCUT2D eigenvalue weighted by atomic mass is 19.1. The summed E-state index contributed by atoms with van der Waals surface area (Å²) in [7, 11) is 0. The van der Waals surface area contributed by atoms with Crippen LogP contribution in [-0.2, 0) is 0 Å². The van der Waals surface area contributed by atoms with Crippen molar-refractivity contribution in [3.63, 3.8) is 0 Å². The largest absolute Gasteiger partial charge is 0.394 e. The van der Waals surface area contributed by atoms with Crippen LogP contribution in [-0.4, -0.2) is 37.5 Å². The fraction of sp³-hybridized carbons (Fsp3) is 0.267. The first kappa shape index (κ1) is 14.4. The molecule has 1 unspecified atom stereocenters. The van der Waals surface area contributed by atoms with E-state index in [1.807, 2.05) is 6.92 Å². The number of aliphatic hydroxyl groups is 1. The van der Waals surface area contributed by atoms with Crippen LogP contribution in [0.5, 0.6) is 0 Å². The molecule has 1 aromatic carbocycles. The second-order valence-corrected chi connectivity index (χ2v) is 4.90. The van der Waals surface area contributed by atoms with E-state index in [4.69, 9.17) is 0 Å². The highest BCUT2D eigenvalue weighted by Crippen LogP contribution is 2.23. The molecule has 0 bridgehead atoms. The van der Waals surface area contributed by atoms with E-state index < -0.39 is 0 Å². The Morgan fingerprint density at radius 2 is 2.14 bits per heavy atom. The monoisotopic (exact) mass is 301 g/mol. The number of para-hydroxylation sites is 1. The summed E-state index contributed by atoms with van der Waals surface area (Å²) in [5.41, 5.74) is 0.840. The molecular weight excluding hydrogens is 285 g/mol. The van der Waals surface area contributed by atoms with Gasteiger partial charge in [-0.3, -0.25) is 0 Å². The molecule has 2 heterocycles. The minimum atomic E-state index is -0.373. The zero-order valence-electron chi connectivity index (χ0n) is 12.1. The van der Waals surface area contributed by atoms with E-state index in [0.717, 1.165) is 6.42 Å². The number of fused-ring (bicyclic) bond motifs is 1. The van der Waals surface area contributed by atoms with Crippen molar-refractivity contribution in [1.29, 1.82) is 0 Å². The highest BCUT2D eigenvalue weighted by Gasteiger charge is 2.15. The number of rotatable bonds is 5. The molecule has 0 aliphatic heterocycles. The van der Waals surface area contributed by atoms with E-state index in [-0.39, 0.29) is 18.5 Å². The van der Waals surface area contributed by atoms with Crippen LogP contribution in [0, 0.1) is 5.82 Å². The van der Waals surface area contributed by atoms with Gasteiger partial charge in [0.15, 0.2) is 5.65 Å². The SMILES string of the molecule is CCC(CO)Nc1ncnc2c1cnn2-c1ccccc1F. The molecule has 1 atom stereocenters. The number of nitrogens with zero attached hydrogens (tertiary/aromatic N) is 4. The first-order chi connectivity index (χ1) is 10.7. The molecule has 0 saturated heterocycles. The lowest BCUT2D eigenvalue weighted by Gasteiger charge is -2.14. The van der Waals surface area contributed by atoms with Gasteiger partial charge >= 0.3 is 0 Å². The maximum atomic E-state index is 13.9. The van der Waals surface area contributed by atoms with Gasteiger partial charge in [-0.15, -0.1) is 0 Å². The highest BCUT2D eigenvalue weighted by molar-refractivity contribution is 5.87. The average molecular weight is 301 g/mol. The Kier molecular flexibility index (Phi) is 3.97. The van der Waals surface area contributed by atoms with Crippen LogP contribution in [0.4, 0.5) is 10.2 Å². The molecule has 2 aromatic heterocycles. The average Bonchev–Trinajstić information content (AvgIpc) is 2.97. The second-order valence-electron chi connectivity index (χ2n) is 4.90. The Morgan fingerprint density at radius 1 is 1.32 bits per heavy atom.